The third-order valence-electron chi connectivity index (χ3n) is 2.96. The van der Waals surface area contributed by atoms with Gasteiger partial charge in [-0.15, -0.1) is 0 Å². The van der Waals surface area contributed by atoms with Crippen LogP contribution in [0.2, 0.25) is 0 Å². The standard InChI is InChI=1S/C12H12FNO5S/c1-3-19-12(16)10-11(15)14(2)8-5-4-7(13)6-9(8)20(10,17)18/h4-6,10H,3H2,1-2H3. The molecular formula is C12H12FNO5S. The molecule has 1 amide bonds. The van der Waals surface area contributed by atoms with Crippen LogP contribution in [0.15, 0.2) is 23.1 Å². The van der Waals surface area contributed by atoms with E-state index < -0.39 is 37.7 Å². The highest BCUT2D eigenvalue weighted by Gasteiger charge is 2.48. The summed E-state index contributed by atoms with van der Waals surface area (Å²) in [6, 6.07) is 3.02. The van der Waals surface area contributed by atoms with E-state index in [0.717, 1.165) is 17.0 Å². The number of esters is 1. The summed E-state index contributed by atoms with van der Waals surface area (Å²) in [5.74, 6) is -2.83. The van der Waals surface area contributed by atoms with Gasteiger partial charge in [0.25, 0.3) is 5.91 Å². The molecule has 1 atom stereocenters. The summed E-state index contributed by atoms with van der Waals surface area (Å²) in [5, 5.41) is -1.98. The van der Waals surface area contributed by atoms with Gasteiger partial charge in [-0.1, -0.05) is 0 Å². The quantitative estimate of drug-likeness (QED) is 0.587. The van der Waals surface area contributed by atoms with Crippen molar-refractivity contribution in [2.75, 3.05) is 18.6 Å². The summed E-state index contributed by atoms with van der Waals surface area (Å²) in [5.41, 5.74) is 0.0388. The van der Waals surface area contributed by atoms with Crippen LogP contribution in [-0.2, 0) is 24.2 Å². The summed E-state index contributed by atoms with van der Waals surface area (Å²) < 4.78 is 42.5. The third-order valence-corrected chi connectivity index (χ3v) is 4.91. The van der Waals surface area contributed by atoms with Gasteiger partial charge in [0.05, 0.1) is 17.2 Å². The van der Waals surface area contributed by atoms with Gasteiger partial charge in [-0.25, -0.2) is 12.8 Å². The number of nitrogens with zero attached hydrogens (tertiary/aromatic N) is 1. The predicted octanol–water partition coefficient (Wildman–Crippen LogP) is 0.507. The fourth-order valence-electron chi connectivity index (χ4n) is 1.99. The van der Waals surface area contributed by atoms with Gasteiger partial charge in [0, 0.05) is 7.05 Å². The molecule has 0 saturated heterocycles. The van der Waals surface area contributed by atoms with Crippen molar-refractivity contribution in [1.29, 1.82) is 0 Å². The molecular weight excluding hydrogens is 289 g/mol. The van der Waals surface area contributed by atoms with E-state index in [4.69, 9.17) is 0 Å². The zero-order valence-corrected chi connectivity index (χ0v) is 11.6. The molecule has 0 saturated carbocycles. The summed E-state index contributed by atoms with van der Waals surface area (Å²) in [6.45, 7) is 1.44. The van der Waals surface area contributed by atoms with Gasteiger partial charge in [0.15, 0.2) is 0 Å². The number of amides is 1. The Morgan fingerprint density at radius 1 is 1.45 bits per heavy atom. The van der Waals surface area contributed by atoms with Crippen LogP contribution in [0.5, 0.6) is 0 Å². The first-order valence-corrected chi connectivity index (χ1v) is 7.33. The summed E-state index contributed by atoms with van der Waals surface area (Å²) >= 11 is 0. The molecule has 1 aromatic carbocycles. The molecule has 1 aliphatic rings. The topological polar surface area (TPSA) is 80.8 Å². The molecule has 0 spiro atoms. The summed E-state index contributed by atoms with van der Waals surface area (Å²) in [6.07, 6.45) is 0. The molecule has 0 aliphatic carbocycles. The number of fused-ring (bicyclic) bond motifs is 1. The Morgan fingerprint density at radius 2 is 2.10 bits per heavy atom. The van der Waals surface area contributed by atoms with Crippen molar-refractivity contribution >= 4 is 27.4 Å². The molecule has 6 nitrogen and oxygen atoms in total. The maximum atomic E-state index is 13.3. The van der Waals surface area contributed by atoms with E-state index in [1.807, 2.05) is 0 Å². The maximum Gasteiger partial charge on any atom is 0.334 e. The molecule has 1 heterocycles. The molecule has 108 valence electrons. The second-order valence-corrected chi connectivity index (χ2v) is 6.19. The van der Waals surface area contributed by atoms with E-state index in [2.05, 4.69) is 4.74 Å². The van der Waals surface area contributed by atoms with Crippen LogP contribution >= 0.6 is 0 Å². The average Bonchev–Trinajstić information content (AvgIpc) is 2.36. The second kappa shape index (κ2) is 4.86. The van der Waals surface area contributed by atoms with Crippen molar-refractivity contribution in [3.8, 4) is 0 Å². The SMILES string of the molecule is CCOC(=O)C1C(=O)N(C)c2ccc(F)cc2S1(=O)=O. The summed E-state index contributed by atoms with van der Waals surface area (Å²) in [7, 11) is -3.00. The first-order chi connectivity index (χ1) is 9.30. The largest absolute Gasteiger partial charge is 0.465 e. The van der Waals surface area contributed by atoms with E-state index in [-0.39, 0.29) is 12.3 Å². The van der Waals surface area contributed by atoms with Gasteiger partial charge in [0.2, 0.25) is 15.1 Å². The van der Waals surface area contributed by atoms with Gasteiger partial charge in [-0.05, 0) is 25.1 Å². The monoisotopic (exact) mass is 301 g/mol. The van der Waals surface area contributed by atoms with Crippen molar-refractivity contribution in [3.05, 3.63) is 24.0 Å². The molecule has 2 rings (SSSR count). The van der Waals surface area contributed by atoms with Crippen molar-refractivity contribution in [1.82, 2.24) is 0 Å². The minimum absolute atomic E-state index is 0.0388. The van der Waals surface area contributed by atoms with Gasteiger partial charge < -0.3 is 9.64 Å². The number of hydrogen-bond acceptors (Lipinski definition) is 5. The third kappa shape index (κ3) is 2.05. The minimum atomic E-state index is -4.31. The number of anilines is 1. The highest BCUT2D eigenvalue weighted by Crippen LogP contribution is 2.34. The lowest BCUT2D eigenvalue weighted by Crippen LogP contribution is -2.50. The van der Waals surface area contributed by atoms with Gasteiger partial charge in [0.1, 0.15) is 5.82 Å². The Kier molecular flexibility index (Phi) is 3.51. The number of ether oxygens (including phenoxy) is 1. The predicted molar refractivity (Wildman–Crippen MR) is 67.4 cm³/mol. The number of sulfone groups is 1. The highest BCUT2D eigenvalue weighted by atomic mass is 32.2. The normalized spacial score (nSPS) is 20.4. The fraction of sp³-hybridized carbons (Fsp3) is 0.333. The number of benzene rings is 1. The molecule has 20 heavy (non-hydrogen) atoms. The smallest absolute Gasteiger partial charge is 0.334 e. The molecule has 0 fully saturated rings. The van der Waals surface area contributed by atoms with E-state index in [1.54, 1.807) is 0 Å². The van der Waals surface area contributed by atoms with Crippen LogP contribution in [0, 0.1) is 5.82 Å². The Hall–Kier alpha value is -1.96. The van der Waals surface area contributed by atoms with Crippen LogP contribution in [-0.4, -0.2) is 39.2 Å². The van der Waals surface area contributed by atoms with E-state index in [9.17, 15) is 22.4 Å². The van der Waals surface area contributed by atoms with Crippen LogP contribution in [0.3, 0.4) is 0 Å². The van der Waals surface area contributed by atoms with E-state index in [1.165, 1.54) is 20.0 Å². The average molecular weight is 301 g/mol. The van der Waals surface area contributed by atoms with Crippen LogP contribution in [0.4, 0.5) is 10.1 Å². The molecule has 1 aromatic rings. The lowest BCUT2D eigenvalue weighted by Gasteiger charge is -2.30. The lowest BCUT2D eigenvalue weighted by molar-refractivity contribution is -0.144. The van der Waals surface area contributed by atoms with E-state index in [0.29, 0.717) is 0 Å². The minimum Gasteiger partial charge on any atom is -0.465 e. The van der Waals surface area contributed by atoms with E-state index >= 15 is 0 Å². The first kappa shape index (κ1) is 14.4. The van der Waals surface area contributed by atoms with Crippen molar-refractivity contribution in [2.45, 2.75) is 17.1 Å². The number of rotatable bonds is 2. The number of carbonyl (C=O) groups excluding carboxylic acids is 2. The number of carbonyl (C=O) groups is 2. The number of hydrogen-bond donors (Lipinski definition) is 0. The first-order valence-electron chi connectivity index (χ1n) is 5.78. The second-order valence-electron chi connectivity index (χ2n) is 4.19. The maximum absolute atomic E-state index is 13.3. The molecule has 0 aromatic heterocycles. The summed E-state index contributed by atoms with van der Waals surface area (Å²) in [4.78, 5) is 24.4. The zero-order valence-electron chi connectivity index (χ0n) is 10.8. The molecule has 0 radical (unpaired) electrons. The number of halogens is 1. The molecule has 1 aliphatic heterocycles. The molecule has 0 N–H and O–H groups in total. The highest BCUT2D eigenvalue weighted by molar-refractivity contribution is 7.94. The fourth-order valence-corrected chi connectivity index (χ4v) is 3.76. The Bertz CT molecular complexity index is 685. The van der Waals surface area contributed by atoms with Gasteiger partial charge >= 0.3 is 5.97 Å². The van der Waals surface area contributed by atoms with Crippen molar-refractivity contribution < 1.29 is 27.1 Å². The lowest BCUT2D eigenvalue weighted by atomic mass is 10.2. The van der Waals surface area contributed by atoms with Crippen LogP contribution in [0.25, 0.3) is 0 Å². The van der Waals surface area contributed by atoms with Gasteiger partial charge in [-0.2, -0.15) is 0 Å². The Labute approximate surface area is 115 Å². The Balaban J connectivity index is 2.65. The van der Waals surface area contributed by atoms with Gasteiger partial charge in [-0.3, -0.25) is 9.59 Å². The van der Waals surface area contributed by atoms with Crippen LogP contribution < -0.4 is 4.90 Å². The Morgan fingerprint density at radius 3 is 2.70 bits per heavy atom. The molecule has 8 heteroatoms. The molecule has 1 unspecified atom stereocenters. The van der Waals surface area contributed by atoms with Crippen LogP contribution in [0.1, 0.15) is 6.92 Å². The zero-order chi connectivity index (χ0) is 15.1. The molecule has 0 bridgehead atoms. The van der Waals surface area contributed by atoms with Crippen molar-refractivity contribution in [3.63, 3.8) is 0 Å². The van der Waals surface area contributed by atoms with Crippen molar-refractivity contribution in [2.24, 2.45) is 0 Å².